The van der Waals surface area contributed by atoms with Crippen LogP contribution in [0.5, 0.6) is 0 Å². The van der Waals surface area contributed by atoms with Crippen molar-refractivity contribution in [3.05, 3.63) is 47.8 Å². The molecule has 1 fully saturated rings. The number of benzene rings is 1. The van der Waals surface area contributed by atoms with Crippen LogP contribution < -0.4 is 16.0 Å². The van der Waals surface area contributed by atoms with Crippen LogP contribution in [0.1, 0.15) is 28.8 Å². The van der Waals surface area contributed by atoms with Crippen LogP contribution in [0, 0.1) is 0 Å². The molecule has 0 radical (unpaired) electrons. The Morgan fingerprint density at radius 2 is 2.12 bits per heavy atom. The van der Waals surface area contributed by atoms with Crippen LogP contribution in [0.25, 0.3) is 0 Å². The number of amides is 1. The van der Waals surface area contributed by atoms with E-state index in [1.165, 1.54) is 6.33 Å². The second-order valence-corrected chi connectivity index (χ2v) is 5.85. The van der Waals surface area contributed by atoms with Gasteiger partial charge in [0.05, 0.1) is 12.6 Å². The lowest BCUT2D eigenvalue weighted by Crippen LogP contribution is -2.32. The average Bonchev–Trinajstić information content (AvgIpc) is 3.09. The number of aromatic nitrogens is 2. The molecule has 1 atom stereocenters. The summed E-state index contributed by atoms with van der Waals surface area (Å²) in [6.45, 7) is 1.62. The zero-order valence-electron chi connectivity index (χ0n) is 13.4. The Morgan fingerprint density at radius 1 is 1.33 bits per heavy atom. The van der Waals surface area contributed by atoms with Gasteiger partial charge in [0.1, 0.15) is 18.0 Å². The predicted octanol–water partition coefficient (Wildman–Crippen LogP) is 1.15. The first kappa shape index (κ1) is 16.2. The molecule has 7 heteroatoms. The van der Waals surface area contributed by atoms with E-state index in [4.69, 9.17) is 5.73 Å². The zero-order valence-corrected chi connectivity index (χ0v) is 13.4. The van der Waals surface area contributed by atoms with Crippen molar-refractivity contribution < 1.29 is 9.90 Å². The molecule has 1 aromatic heterocycles. The van der Waals surface area contributed by atoms with E-state index in [0.717, 1.165) is 36.6 Å². The van der Waals surface area contributed by atoms with E-state index in [0.29, 0.717) is 12.1 Å². The summed E-state index contributed by atoms with van der Waals surface area (Å²) in [4.78, 5) is 21.7. The molecule has 4 N–H and O–H groups in total. The maximum atomic E-state index is 11.1. The standard InChI is InChI=1S/C17H21N5O2/c18-17(24)13-5-3-12(4-6-13)9-19-15-8-16(21-11-20-15)22-7-1-2-14(22)10-23/h3-6,8,11,14,23H,1-2,7,9-10H2,(H2,18,24)(H,19,20,21). The summed E-state index contributed by atoms with van der Waals surface area (Å²) in [6.07, 6.45) is 3.57. The van der Waals surface area contributed by atoms with Gasteiger partial charge >= 0.3 is 0 Å². The molecule has 0 spiro atoms. The van der Waals surface area contributed by atoms with Crippen molar-refractivity contribution in [2.75, 3.05) is 23.4 Å². The molecule has 1 aromatic carbocycles. The number of hydrogen-bond acceptors (Lipinski definition) is 6. The van der Waals surface area contributed by atoms with E-state index in [2.05, 4.69) is 20.2 Å². The van der Waals surface area contributed by atoms with Gasteiger partial charge in [-0.2, -0.15) is 0 Å². The number of nitrogens with zero attached hydrogens (tertiary/aromatic N) is 3. The van der Waals surface area contributed by atoms with Crippen LogP contribution in [0.3, 0.4) is 0 Å². The first-order valence-electron chi connectivity index (χ1n) is 7.99. The molecule has 0 aliphatic carbocycles. The number of anilines is 2. The highest BCUT2D eigenvalue weighted by molar-refractivity contribution is 5.92. The van der Waals surface area contributed by atoms with E-state index in [1.807, 2.05) is 18.2 Å². The smallest absolute Gasteiger partial charge is 0.248 e. The lowest BCUT2D eigenvalue weighted by Gasteiger charge is -2.24. The maximum Gasteiger partial charge on any atom is 0.248 e. The Labute approximate surface area is 140 Å². The number of nitrogens with one attached hydrogen (secondary N) is 1. The highest BCUT2D eigenvalue weighted by atomic mass is 16.3. The van der Waals surface area contributed by atoms with Gasteiger partial charge in [0.25, 0.3) is 0 Å². The lowest BCUT2D eigenvalue weighted by molar-refractivity contribution is 0.100. The van der Waals surface area contributed by atoms with Gasteiger partial charge in [-0.05, 0) is 30.5 Å². The number of carbonyl (C=O) groups excluding carboxylic acids is 1. The number of hydrogen-bond donors (Lipinski definition) is 3. The second kappa shape index (κ2) is 7.27. The average molecular weight is 327 g/mol. The highest BCUT2D eigenvalue weighted by Crippen LogP contribution is 2.24. The Bertz CT molecular complexity index is 704. The summed E-state index contributed by atoms with van der Waals surface area (Å²) >= 11 is 0. The number of carbonyl (C=O) groups is 1. The molecular weight excluding hydrogens is 306 g/mol. The Kier molecular flexibility index (Phi) is 4.90. The number of primary amides is 1. The van der Waals surface area contributed by atoms with Crippen LogP contribution in [-0.4, -0.2) is 40.2 Å². The van der Waals surface area contributed by atoms with Gasteiger partial charge in [-0.1, -0.05) is 12.1 Å². The van der Waals surface area contributed by atoms with E-state index < -0.39 is 5.91 Å². The van der Waals surface area contributed by atoms with Crippen molar-refractivity contribution in [2.24, 2.45) is 5.73 Å². The van der Waals surface area contributed by atoms with Crippen molar-refractivity contribution in [1.82, 2.24) is 9.97 Å². The molecule has 2 aromatic rings. The number of nitrogens with two attached hydrogens (primary N) is 1. The molecule has 0 bridgehead atoms. The summed E-state index contributed by atoms with van der Waals surface area (Å²) < 4.78 is 0. The van der Waals surface area contributed by atoms with Crippen molar-refractivity contribution in [3.63, 3.8) is 0 Å². The highest BCUT2D eigenvalue weighted by Gasteiger charge is 2.25. The first-order valence-corrected chi connectivity index (χ1v) is 7.99. The lowest BCUT2D eigenvalue weighted by atomic mass is 10.1. The molecule has 1 aliphatic heterocycles. The van der Waals surface area contributed by atoms with Gasteiger partial charge in [-0.3, -0.25) is 4.79 Å². The number of aliphatic hydroxyl groups is 1. The molecule has 126 valence electrons. The van der Waals surface area contributed by atoms with Gasteiger partial charge in [-0.25, -0.2) is 9.97 Å². The normalized spacial score (nSPS) is 17.0. The second-order valence-electron chi connectivity index (χ2n) is 5.85. The molecular formula is C17H21N5O2. The van der Waals surface area contributed by atoms with E-state index in [9.17, 15) is 9.90 Å². The van der Waals surface area contributed by atoms with Crippen LogP contribution in [0.4, 0.5) is 11.6 Å². The molecule has 24 heavy (non-hydrogen) atoms. The minimum absolute atomic E-state index is 0.133. The van der Waals surface area contributed by atoms with Crippen LogP contribution >= 0.6 is 0 Å². The summed E-state index contributed by atoms with van der Waals surface area (Å²) in [5.74, 6) is 1.12. The van der Waals surface area contributed by atoms with Gasteiger partial charge in [-0.15, -0.1) is 0 Å². The molecule has 1 aliphatic rings. The van der Waals surface area contributed by atoms with Gasteiger partial charge in [0.2, 0.25) is 5.91 Å². The third-order valence-corrected chi connectivity index (χ3v) is 4.25. The van der Waals surface area contributed by atoms with Crippen LogP contribution in [-0.2, 0) is 6.54 Å². The van der Waals surface area contributed by atoms with Gasteiger partial charge < -0.3 is 21.1 Å². The monoisotopic (exact) mass is 327 g/mol. The van der Waals surface area contributed by atoms with Crippen molar-refractivity contribution in [1.29, 1.82) is 0 Å². The fraction of sp³-hybridized carbons (Fsp3) is 0.353. The fourth-order valence-corrected chi connectivity index (χ4v) is 2.91. The number of aliphatic hydroxyl groups excluding tert-OH is 1. The summed E-state index contributed by atoms with van der Waals surface area (Å²) in [5.41, 5.74) is 6.75. The Balaban J connectivity index is 1.65. The summed E-state index contributed by atoms with van der Waals surface area (Å²) in [6, 6.07) is 9.16. The number of rotatable bonds is 6. The van der Waals surface area contributed by atoms with E-state index in [-0.39, 0.29) is 12.6 Å². The van der Waals surface area contributed by atoms with Crippen LogP contribution in [0.2, 0.25) is 0 Å². The van der Waals surface area contributed by atoms with Crippen molar-refractivity contribution >= 4 is 17.5 Å². The Hall–Kier alpha value is -2.67. The molecule has 2 heterocycles. The largest absolute Gasteiger partial charge is 0.394 e. The van der Waals surface area contributed by atoms with E-state index in [1.54, 1.807) is 12.1 Å². The SMILES string of the molecule is NC(=O)c1ccc(CNc2cc(N3CCCC3CO)ncn2)cc1. The van der Waals surface area contributed by atoms with Gasteiger partial charge in [0, 0.05) is 24.7 Å². The minimum atomic E-state index is -0.431. The quantitative estimate of drug-likeness (QED) is 0.735. The van der Waals surface area contributed by atoms with E-state index >= 15 is 0 Å². The third-order valence-electron chi connectivity index (χ3n) is 4.25. The minimum Gasteiger partial charge on any atom is -0.394 e. The first-order chi connectivity index (χ1) is 11.7. The van der Waals surface area contributed by atoms with Crippen molar-refractivity contribution in [2.45, 2.75) is 25.4 Å². The van der Waals surface area contributed by atoms with Gasteiger partial charge in [0.15, 0.2) is 0 Å². The van der Waals surface area contributed by atoms with Crippen molar-refractivity contribution in [3.8, 4) is 0 Å². The predicted molar refractivity (Wildman–Crippen MR) is 91.8 cm³/mol. The topological polar surface area (TPSA) is 104 Å². The van der Waals surface area contributed by atoms with Crippen LogP contribution in [0.15, 0.2) is 36.7 Å². The molecule has 7 nitrogen and oxygen atoms in total. The molecule has 3 rings (SSSR count). The molecule has 1 saturated heterocycles. The molecule has 1 unspecified atom stereocenters. The fourth-order valence-electron chi connectivity index (χ4n) is 2.91. The Morgan fingerprint density at radius 3 is 2.83 bits per heavy atom. The maximum absolute atomic E-state index is 11.1. The third kappa shape index (κ3) is 3.62. The zero-order chi connectivity index (χ0) is 16.9. The molecule has 1 amide bonds. The summed E-state index contributed by atoms with van der Waals surface area (Å²) in [5, 5.41) is 12.7. The summed E-state index contributed by atoms with van der Waals surface area (Å²) in [7, 11) is 0. The molecule has 0 saturated carbocycles.